The van der Waals surface area contributed by atoms with E-state index in [1.807, 2.05) is 32.8 Å². The van der Waals surface area contributed by atoms with Gasteiger partial charge in [0.2, 0.25) is 5.91 Å². The monoisotopic (exact) mass is 200 g/mol. The van der Waals surface area contributed by atoms with Gasteiger partial charge in [-0.25, -0.2) is 0 Å². The van der Waals surface area contributed by atoms with Gasteiger partial charge in [0.05, 0.1) is 0 Å². The van der Waals surface area contributed by atoms with Gasteiger partial charge in [0.15, 0.2) is 0 Å². The number of hydrogen-bond acceptors (Lipinski definition) is 2. The second-order valence-electron chi connectivity index (χ2n) is 3.49. The summed E-state index contributed by atoms with van der Waals surface area (Å²) in [7, 11) is 3.82. The number of likely N-dealkylation sites (tertiary alicyclic amines) is 1. The van der Waals surface area contributed by atoms with Crippen LogP contribution in [0.15, 0.2) is 0 Å². The second kappa shape index (κ2) is 7.80. The van der Waals surface area contributed by atoms with Crippen LogP contribution in [0.3, 0.4) is 0 Å². The molecule has 0 spiro atoms. The molecule has 1 atom stereocenters. The van der Waals surface area contributed by atoms with Crippen LogP contribution in [0.2, 0.25) is 0 Å². The first-order valence-corrected chi connectivity index (χ1v) is 5.65. The van der Waals surface area contributed by atoms with Gasteiger partial charge in [0.1, 0.15) is 0 Å². The Morgan fingerprint density at radius 2 is 2.14 bits per heavy atom. The van der Waals surface area contributed by atoms with Crippen molar-refractivity contribution in [3.05, 3.63) is 0 Å². The van der Waals surface area contributed by atoms with Crippen LogP contribution < -0.4 is 5.32 Å². The Bertz CT molecular complexity index is 159. The molecule has 1 heterocycles. The van der Waals surface area contributed by atoms with E-state index < -0.39 is 0 Å². The van der Waals surface area contributed by atoms with E-state index in [0.29, 0.717) is 5.91 Å². The topological polar surface area (TPSA) is 32.3 Å². The zero-order valence-corrected chi connectivity index (χ0v) is 9.97. The molecule has 0 radical (unpaired) electrons. The fourth-order valence-electron chi connectivity index (χ4n) is 1.71. The molecule has 1 aliphatic heterocycles. The first-order chi connectivity index (χ1) is 6.75. The quantitative estimate of drug-likeness (QED) is 0.748. The first-order valence-electron chi connectivity index (χ1n) is 5.65. The number of amides is 1. The molecule has 0 aromatic heterocycles. The molecule has 1 N–H and O–H groups in total. The fourth-order valence-corrected chi connectivity index (χ4v) is 1.71. The first kappa shape index (κ1) is 13.4. The van der Waals surface area contributed by atoms with E-state index in [9.17, 15) is 4.79 Å². The predicted molar refractivity (Wildman–Crippen MR) is 60.3 cm³/mol. The highest BCUT2D eigenvalue weighted by atomic mass is 16.2. The Hall–Kier alpha value is -0.570. The van der Waals surface area contributed by atoms with E-state index >= 15 is 0 Å². The maximum Gasteiger partial charge on any atom is 0.225 e. The minimum Gasteiger partial charge on any atom is -0.346 e. The van der Waals surface area contributed by atoms with Gasteiger partial charge >= 0.3 is 0 Å². The van der Waals surface area contributed by atoms with Crippen molar-refractivity contribution in [2.45, 2.75) is 33.1 Å². The van der Waals surface area contributed by atoms with Crippen LogP contribution in [0.1, 0.15) is 33.1 Å². The summed E-state index contributed by atoms with van der Waals surface area (Å²) in [5, 5.41) is 3.08. The lowest BCUT2D eigenvalue weighted by Crippen LogP contribution is -2.39. The van der Waals surface area contributed by atoms with Crippen LogP contribution in [0.4, 0.5) is 0 Å². The van der Waals surface area contributed by atoms with Gasteiger partial charge in [-0.2, -0.15) is 0 Å². The standard InChI is InChI=1S/C9H18N2O.C2H6/c1-10-6-5-8-4-3-7-11(2)9(8)12;1-2/h8,10H,3-7H2,1-2H3;1-2H3/t8-;/m0./s1. The van der Waals surface area contributed by atoms with Crippen LogP contribution in [0, 0.1) is 5.92 Å². The lowest BCUT2D eigenvalue weighted by atomic mass is 9.94. The maximum atomic E-state index is 11.5. The van der Waals surface area contributed by atoms with E-state index in [1.54, 1.807) is 0 Å². The van der Waals surface area contributed by atoms with Gasteiger partial charge in [-0.05, 0) is 32.9 Å². The molecule has 1 aliphatic rings. The van der Waals surface area contributed by atoms with Crippen LogP contribution in [0.25, 0.3) is 0 Å². The summed E-state index contributed by atoms with van der Waals surface area (Å²) in [6.45, 7) is 5.89. The molecule has 14 heavy (non-hydrogen) atoms. The Balaban J connectivity index is 0.000000791. The molecular formula is C11H24N2O. The summed E-state index contributed by atoms with van der Waals surface area (Å²) < 4.78 is 0. The van der Waals surface area contributed by atoms with E-state index in [-0.39, 0.29) is 5.92 Å². The highest BCUT2D eigenvalue weighted by Crippen LogP contribution is 2.19. The number of nitrogens with zero attached hydrogens (tertiary/aromatic N) is 1. The van der Waals surface area contributed by atoms with Crippen molar-refractivity contribution in [1.29, 1.82) is 0 Å². The Morgan fingerprint density at radius 1 is 1.50 bits per heavy atom. The number of carbonyl (C=O) groups excluding carboxylic acids is 1. The number of piperidine rings is 1. The Kier molecular flexibility index (Phi) is 7.48. The fraction of sp³-hybridized carbons (Fsp3) is 0.909. The molecule has 0 saturated carbocycles. The van der Waals surface area contributed by atoms with Gasteiger partial charge in [-0.15, -0.1) is 0 Å². The lowest BCUT2D eigenvalue weighted by Gasteiger charge is -2.29. The molecule has 0 unspecified atom stereocenters. The zero-order chi connectivity index (χ0) is 11.0. The Morgan fingerprint density at radius 3 is 2.71 bits per heavy atom. The van der Waals surface area contributed by atoms with E-state index in [2.05, 4.69) is 5.32 Å². The largest absolute Gasteiger partial charge is 0.346 e. The molecule has 1 fully saturated rings. The number of carbonyl (C=O) groups is 1. The van der Waals surface area contributed by atoms with Crippen molar-refractivity contribution >= 4 is 5.91 Å². The summed E-state index contributed by atoms with van der Waals surface area (Å²) in [6.07, 6.45) is 3.22. The van der Waals surface area contributed by atoms with Gasteiger partial charge in [0.25, 0.3) is 0 Å². The third-order valence-electron chi connectivity index (χ3n) is 2.51. The van der Waals surface area contributed by atoms with E-state index in [0.717, 1.165) is 32.4 Å². The molecule has 1 rings (SSSR count). The molecule has 0 aromatic carbocycles. The molecular weight excluding hydrogens is 176 g/mol. The summed E-state index contributed by atoms with van der Waals surface area (Å²) in [4.78, 5) is 13.4. The molecule has 0 aromatic rings. The summed E-state index contributed by atoms with van der Waals surface area (Å²) in [5.74, 6) is 0.604. The molecule has 3 nitrogen and oxygen atoms in total. The van der Waals surface area contributed by atoms with Crippen molar-refractivity contribution in [1.82, 2.24) is 10.2 Å². The second-order valence-corrected chi connectivity index (χ2v) is 3.49. The number of rotatable bonds is 3. The lowest BCUT2D eigenvalue weighted by molar-refractivity contribution is -0.137. The highest BCUT2D eigenvalue weighted by Gasteiger charge is 2.25. The van der Waals surface area contributed by atoms with Crippen molar-refractivity contribution in [3.63, 3.8) is 0 Å². The van der Waals surface area contributed by atoms with Crippen LogP contribution in [0.5, 0.6) is 0 Å². The zero-order valence-electron chi connectivity index (χ0n) is 9.97. The van der Waals surface area contributed by atoms with Crippen LogP contribution >= 0.6 is 0 Å². The molecule has 0 aliphatic carbocycles. The predicted octanol–water partition coefficient (Wildman–Crippen LogP) is 1.49. The van der Waals surface area contributed by atoms with Crippen molar-refractivity contribution in [2.75, 3.05) is 27.2 Å². The summed E-state index contributed by atoms with van der Waals surface area (Å²) in [6, 6.07) is 0. The van der Waals surface area contributed by atoms with Gasteiger partial charge in [-0.1, -0.05) is 13.8 Å². The third-order valence-corrected chi connectivity index (χ3v) is 2.51. The third kappa shape index (κ3) is 4.09. The minimum atomic E-state index is 0.274. The summed E-state index contributed by atoms with van der Waals surface area (Å²) >= 11 is 0. The summed E-state index contributed by atoms with van der Waals surface area (Å²) in [5.41, 5.74) is 0. The molecule has 1 saturated heterocycles. The van der Waals surface area contributed by atoms with Crippen molar-refractivity contribution in [2.24, 2.45) is 5.92 Å². The molecule has 84 valence electrons. The molecule has 3 heteroatoms. The van der Waals surface area contributed by atoms with Crippen LogP contribution in [-0.2, 0) is 4.79 Å². The average Bonchev–Trinajstić information content (AvgIpc) is 2.23. The average molecular weight is 200 g/mol. The van der Waals surface area contributed by atoms with Crippen molar-refractivity contribution in [3.8, 4) is 0 Å². The molecule has 0 bridgehead atoms. The van der Waals surface area contributed by atoms with Crippen LogP contribution in [-0.4, -0.2) is 38.0 Å². The number of hydrogen-bond donors (Lipinski definition) is 1. The van der Waals surface area contributed by atoms with E-state index in [4.69, 9.17) is 0 Å². The van der Waals surface area contributed by atoms with Crippen molar-refractivity contribution < 1.29 is 4.79 Å². The van der Waals surface area contributed by atoms with E-state index in [1.165, 1.54) is 0 Å². The maximum absolute atomic E-state index is 11.5. The number of nitrogens with one attached hydrogen (secondary N) is 1. The Labute approximate surface area is 87.9 Å². The van der Waals surface area contributed by atoms with Gasteiger partial charge in [0, 0.05) is 19.5 Å². The molecule has 1 amide bonds. The SMILES string of the molecule is CC.CNCC[C@@H]1CCCN(C)C1=O. The normalized spacial score (nSPS) is 21.6. The minimum absolute atomic E-state index is 0.274. The van der Waals surface area contributed by atoms with Gasteiger partial charge in [-0.3, -0.25) is 4.79 Å². The smallest absolute Gasteiger partial charge is 0.225 e. The highest BCUT2D eigenvalue weighted by molar-refractivity contribution is 5.79. The van der Waals surface area contributed by atoms with Gasteiger partial charge < -0.3 is 10.2 Å².